The molecule has 0 aliphatic heterocycles. The Kier molecular flexibility index (Phi) is 5.44. The summed E-state index contributed by atoms with van der Waals surface area (Å²) in [6.45, 7) is 1.38. The molecule has 1 aromatic heterocycles. The quantitative estimate of drug-likeness (QED) is 0.773. The SMILES string of the molecule is CN(CCc1ccncc1)CC(=O)Cc1ccccc1. The van der Waals surface area contributed by atoms with Gasteiger partial charge in [0.2, 0.25) is 0 Å². The van der Waals surface area contributed by atoms with Crippen LogP contribution in [-0.4, -0.2) is 35.8 Å². The lowest BCUT2D eigenvalue weighted by Crippen LogP contribution is -2.28. The summed E-state index contributed by atoms with van der Waals surface area (Å²) in [5, 5.41) is 0. The molecule has 1 heterocycles. The average molecular weight is 268 g/mol. The van der Waals surface area contributed by atoms with Gasteiger partial charge in [-0.25, -0.2) is 0 Å². The second-order valence-electron chi connectivity index (χ2n) is 5.04. The highest BCUT2D eigenvalue weighted by molar-refractivity contribution is 5.82. The minimum atomic E-state index is 0.258. The molecule has 2 rings (SSSR count). The molecule has 0 N–H and O–H groups in total. The summed E-state index contributed by atoms with van der Waals surface area (Å²) >= 11 is 0. The molecule has 0 atom stereocenters. The third kappa shape index (κ3) is 4.94. The van der Waals surface area contributed by atoms with Crippen LogP contribution in [0.15, 0.2) is 54.9 Å². The summed E-state index contributed by atoms with van der Waals surface area (Å²) in [7, 11) is 1.99. The van der Waals surface area contributed by atoms with Crippen LogP contribution in [0.4, 0.5) is 0 Å². The van der Waals surface area contributed by atoms with Crippen LogP contribution >= 0.6 is 0 Å². The summed E-state index contributed by atoms with van der Waals surface area (Å²) in [4.78, 5) is 18.1. The number of hydrogen-bond donors (Lipinski definition) is 0. The third-order valence-corrected chi connectivity index (χ3v) is 3.22. The highest BCUT2D eigenvalue weighted by Crippen LogP contribution is 2.02. The number of pyridine rings is 1. The van der Waals surface area contributed by atoms with Crippen molar-refractivity contribution in [2.24, 2.45) is 0 Å². The van der Waals surface area contributed by atoms with Gasteiger partial charge in [-0.2, -0.15) is 0 Å². The second-order valence-corrected chi connectivity index (χ2v) is 5.04. The molecule has 20 heavy (non-hydrogen) atoms. The molecular weight excluding hydrogens is 248 g/mol. The van der Waals surface area contributed by atoms with Crippen molar-refractivity contribution >= 4 is 5.78 Å². The Morgan fingerprint density at radius 3 is 2.45 bits per heavy atom. The number of rotatable bonds is 7. The van der Waals surface area contributed by atoms with Crippen LogP contribution in [-0.2, 0) is 17.6 Å². The predicted molar refractivity (Wildman–Crippen MR) is 80.6 cm³/mol. The van der Waals surface area contributed by atoms with E-state index in [0.29, 0.717) is 13.0 Å². The molecule has 1 aromatic carbocycles. The topological polar surface area (TPSA) is 33.2 Å². The van der Waals surface area contributed by atoms with E-state index in [4.69, 9.17) is 0 Å². The van der Waals surface area contributed by atoms with Crippen molar-refractivity contribution in [3.8, 4) is 0 Å². The van der Waals surface area contributed by atoms with Crippen LogP contribution < -0.4 is 0 Å². The maximum absolute atomic E-state index is 12.0. The van der Waals surface area contributed by atoms with E-state index in [0.717, 1.165) is 18.5 Å². The van der Waals surface area contributed by atoms with Gasteiger partial charge in [0.25, 0.3) is 0 Å². The lowest BCUT2D eigenvalue weighted by molar-refractivity contribution is -0.119. The summed E-state index contributed by atoms with van der Waals surface area (Å²) in [6.07, 6.45) is 5.06. The van der Waals surface area contributed by atoms with Gasteiger partial charge in [0.05, 0.1) is 6.54 Å². The first-order valence-electron chi connectivity index (χ1n) is 6.87. The van der Waals surface area contributed by atoms with E-state index in [1.165, 1.54) is 5.56 Å². The van der Waals surface area contributed by atoms with E-state index in [9.17, 15) is 4.79 Å². The van der Waals surface area contributed by atoms with Crippen LogP contribution in [0.3, 0.4) is 0 Å². The van der Waals surface area contributed by atoms with Gasteiger partial charge in [-0.15, -0.1) is 0 Å². The molecule has 3 heteroatoms. The molecule has 0 spiro atoms. The number of carbonyl (C=O) groups is 1. The number of carbonyl (C=O) groups excluding carboxylic acids is 1. The van der Waals surface area contributed by atoms with E-state index in [2.05, 4.69) is 9.88 Å². The molecule has 2 aromatic rings. The zero-order chi connectivity index (χ0) is 14.2. The molecule has 104 valence electrons. The van der Waals surface area contributed by atoms with Gasteiger partial charge in [0.1, 0.15) is 0 Å². The molecule has 0 aliphatic rings. The fourth-order valence-electron chi connectivity index (χ4n) is 2.13. The highest BCUT2D eigenvalue weighted by Gasteiger charge is 2.07. The maximum atomic E-state index is 12.0. The number of nitrogens with zero attached hydrogens (tertiary/aromatic N) is 2. The zero-order valence-corrected chi connectivity index (χ0v) is 11.8. The Balaban J connectivity index is 1.74. The highest BCUT2D eigenvalue weighted by atomic mass is 16.1. The van der Waals surface area contributed by atoms with Gasteiger partial charge < -0.3 is 0 Å². The first-order valence-corrected chi connectivity index (χ1v) is 6.87. The van der Waals surface area contributed by atoms with E-state index >= 15 is 0 Å². The number of likely N-dealkylation sites (N-methyl/N-ethyl adjacent to an activating group) is 1. The summed E-state index contributed by atoms with van der Waals surface area (Å²) in [5.41, 5.74) is 2.34. The van der Waals surface area contributed by atoms with Crippen molar-refractivity contribution < 1.29 is 4.79 Å². The maximum Gasteiger partial charge on any atom is 0.151 e. The Labute approximate surface area is 120 Å². The normalized spacial score (nSPS) is 10.7. The minimum Gasteiger partial charge on any atom is -0.299 e. The first-order chi connectivity index (χ1) is 9.74. The monoisotopic (exact) mass is 268 g/mol. The van der Waals surface area contributed by atoms with Crippen molar-refractivity contribution in [3.63, 3.8) is 0 Å². The predicted octanol–water partition coefficient (Wildman–Crippen LogP) is 2.37. The van der Waals surface area contributed by atoms with E-state index in [1.54, 1.807) is 12.4 Å². The summed E-state index contributed by atoms with van der Waals surface area (Å²) < 4.78 is 0. The van der Waals surface area contributed by atoms with Crippen molar-refractivity contribution in [3.05, 3.63) is 66.0 Å². The lowest BCUT2D eigenvalue weighted by atomic mass is 10.1. The van der Waals surface area contributed by atoms with Crippen LogP contribution in [0.1, 0.15) is 11.1 Å². The molecule has 0 unspecified atom stereocenters. The number of hydrogen-bond acceptors (Lipinski definition) is 3. The van der Waals surface area contributed by atoms with Gasteiger partial charge >= 0.3 is 0 Å². The van der Waals surface area contributed by atoms with E-state index in [1.807, 2.05) is 49.5 Å². The van der Waals surface area contributed by atoms with E-state index < -0.39 is 0 Å². The zero-order valence-electron chi connectivity index (χ0n) is 11.8. The third-order valence-electron chi connectivity index (χ3n) is 3.22. The Morgan fingerprint density at radius 1 is 1.05 bits per heavy atom. The van der Waals surface area contributed by atoms with Crippen LogP contribution in [0, 0.1) is 0 Å². The average Bonchev–Trinajstić information content (AvgIpc) is 2.47. The number of Topliss-reactive ketones (excluding diaryl/α,β-unsaturated/α-hetero) is 1. The molecule has 0 aliphatic carbocycles. The number of benzene rings is 1. The van der Waals surface area contributed by atoms with Gasteiger partial charge in [-0.3, -0.25) is 14.7 Å². The fraction of sp³-hybridized carbons (Fsp3) is 0.294. The second kappa shape index (κ2) is 7.56. The van der Waals surface area contributed by atoms with Crippen molar-refractivity contribution in [2.75, 3.05) is 20.1 Å². The molecule has 0 amide bonds. The molecule has 3 nitrogen and oxygen atoms in total. The van der Waals surface area contributed by atoms with Gasteiger partial charge in [-0.1, -0.05) is 30.3 Å². The standard InChI is InChI=1S/C17H20N2O/c1-19(12-9-15-7-10-18-11-8-15)14-17(20)13-16-5-3-2-4-6-16/h2-8,10-11H,9,12-14H2,1H3. The van der Waals surface area contributed by atoms with Gasteiger partial charge in [-0.05, 0) is 36.7 Å². The summed E-state index contributed by atoms with van der Waals surface area (Å²) in [5.74, 6) is 0.258. The van der Waals surface area contributed by atoms with E-state index in [-0.39, 0.29) is 5.78 Å². The van der Waals surface area contributed by atoms with Gasteiger partial charge in [0.15, 0.2) is 5.78 Å². The van der Waals surface area contributed by atoms with Crippen LogP contribution in [0.25, 0.3) is 0 Å². The number of ketones is 1. The molecule has 0 saturated carbocycles. The van der Waals surface area contributed by atoms with Crippen molar-refractivity contribution in [2.45, 2.75) is 12.8 Å². The first kappa shape index (κ1) is 14.4. The van der Waals surface area contributed by atoms with Gasteiger partial charge in [0, 0.05) is 25.4 Å². The Bertz CT molecular complexity index is 525. The molecule has 0 saturated heterocycles. The van der Waals surface area contributed by atoms with Crippen LogP contribution in [0.5, 0.6) is 0 Å². The van der Waals surface area contributed by atoms with Crippen molar-refractivity contribution in [1.29, 1.82) is 0 Å². The lowest BCUT2D eigenvalue weighted by Gasteiger charge is -2.15. The Morgan fingerprint density at radius 2 is 1.75 bits per heavy atom. The molecule has 0 bridgehead atoms. The van der Waals surface area contributed by atoms with Crippen LogP contribution in [0.2, 0.25) is 0 Å². The fourth-order valence-corrected chi connectivity index (χ4v) is 2.13. The molecular formula is C17H20N2O. The molecule has 0 radical (unpaired) electrons. The largest absolute Gasteiger partial charge is 0.299 e. The molecule has 0 fully saturated rings. The summed E-state index contributed by atoms with van der Waals surface area (Å²) in [6, 6.07) is 13.9. The van der Waals surface area contributed by atoms with Crippen molar-refractivity contribution in [1.82, 2.24) is 9.88 Å². The minimum absolute atomic E-state index is 0.258. The number of aromatic nitrogens is 1. The smallest absolute Gasteiger partial charge is 0.151 e. The Hall–Kier alpha value is -2.00.